The molecule has 0 spiro atoms. The van der Waals surface area contributed by atoms with E-state index < -0.39 is 0 Å². The molecule has 1 unspecified atom stereocenters. The number of anilines is 1. The molecule has 1 N–H and O–H groups in total. The summed E-state index contributed by atoms with van der Waals surface area (Å²) in [6.45, 7) is 3.80. The molecule has 1 aromatic heterocycles. The van der Waals surface area contributed by atoms with Crippen molar-refractivity contribution < 1.29 is 0 Å². The van der Waals surface area contributed by atoms with Crippen LogP contribution in [-0.4, -0.2) is 28.3 Å². The van der Waals surface area contributed by atoms with Gasteiger partial charge in [-0.15, -0.1) is 0 Å². The largest absolute Gasteiger partial charge is 0.382 e. The van der Waals surface area contributed by atoms with Gasteiger partial charge in [-0.3, -0.25) is 4.79 Å². The van der Waals surface area contributed by atoms with Crippen molar-refractivity contribution in [2.45, 2.75) is 26.3 Å². The smallest absolute Gasteiger partial charge is 0.283 e. The highest BCUT2D eigenvalue weighted by Gasteiger charge is 2.23. The van der Waals surface area contributed by atoms with Gasteiger partial charge in [-0.25, -0.2) is 4.68 Å². The molecule has 1 heterocycles. The van der Waals surface area contributed by atoms with Crippen LogP contribution in [0.2, 0.25) is 0 Å². The lowest BCUT2D eigenvalue weighted by atomic mass is 10.2. The molecular formula is C13H20BrN3OS. The van der Waals surface area contributed by atoms with Crippen LogP contribution in [-0.2, 0) is 6.54 Å². The van der Waals surface area contributed by atoms with E-state index in [-0.39, 0.29) is 5.56 Å². The van der Waals surface area contributed by atoms with E-state index in [1.165, 1.54) is 12.8 Å². The van der Waals surface area contributed by atoms with Crippen LogP contribution in [0.5, 0.6) is 0 Å². The summed E-state index contributed by atoms with van der Waals surface area (Å²) in [4.78, 5) is 12.1. The molecular weight excluding hydrogens is 326 g/mol. The molecule has 0 bridgehead atoms. The van der Waals surface area contributed by atoms with Crippen LogP contribution in [0.1, 0.15) is 19.8 Å². The van der Waals surface area contributed by atoms with E-state index in [9.17, 15) is 4.79 Å². The van der Waals surface area contributed by atoms with Gasteiger partial charge in [0, 0.05) is 13.1 Å². The van der Waals surface area contributed by atoms with Gasteiger partial charge in [0.05, 0.1) is 11.9 Å². The molecule has 1 aliphatic rings. The lowest BCUT2D eigenvalue weighted by Gasteiger charge is -2.14. The molecule has 0 radical (unpaired) electrons. The van der Waals surface area contributed by atoms with Crippen LogP contribution in [0.25, 0.3) is 0 Å². The van der Waals surface area contributed by atoms with Gasteiger partial charge < -0.3 is 5.32 Å². The maximum atomic E-state index is 12.1. The fourth-order valence-corrected chi connectivity index (χ4v) is 3.03. The Balaban J connectivity index is 2.01. The third kappa shape index (κ3) is 4.24. The van der Waals surface area contributed by atoms with E-state index in [0.717, 1.165) is 24.5 Å². The van der Waals surface area contributed by atoms with Crippen molar-refractivity contribution in [2.75, 3.05) is 23.9 Å². The van der Waals surface area contributed by atoms with E-state index in [2.05, 4.69) is 39.5 Å². The first-order valence-corrected chi connectivity index (χ1v) is 8.79. The van der Waals surface area contributed by atoms with Crippen molar-refractivity contribution in [3.05, 3.63) is 21.0 Å². The Morgan fingerprint density at radius 1 is 1.63 bits per heavy atom. The highest BCUT2D eigenvalue weighted by atomic mass is 79.9. The van der Waals surface area contributed by atoms with Gasteiger partial charge in [0.25, 0.3) is 5.56 Å². The van der Waals surface area contributed by atoms with E-state index in [0.29, 0.717) is 16.3 Å². The van der Waals surface area contributed by atoms with Crippen LogP contribution in [0.15, 0.2) is 15.5 Å². The Morgan fingerprint density at radius 2 is 2.37 bits per heavy atom. The maximum absolute atomic E-state index is 12.1. The minimum Gasteiger partial charge on any atom is -0.382 e. The van der Waals surface area contributed by atoms with Crippen molar-refractivity contribution in [1.29, 1.82) is 0 Å². The zero-order valence-electron chi connectivity index (χ0n) is 11.4. The first-order chi connectivity index (χ1) is 9.11. The molecule has 0 aromatic carbocycles. The van der Waals surface area contributed by atoms with E-state index in [1.807, 2.05) is 11.8 Å². The Morgan fingerprint density at radius 3 is 3.00 bits per heavy atom. The summed E-state index contributed by atoms with van der Waals surface area (Å²) in [7, 11) is 0. The zero-order valence-corrected chi connectivity index (χ0v) is 13.8. The fourth-order valence-electron chi connectivity index (χ4n) is 1.89. The fraction of sp³-hybridized carbons (Fsp3) is 0.692. The second-order valence-electron chi connectivity index (χ2n) is 5.24. The average molecular weight is 346 g/mol. The normalized spacial score (nSPS) is 16.4. The summed E-state index contributed by atoms with van der Waals surface area (Å²) in [6.07, 6.45) is 6.29. The van der Waals surface area contributed by atoms with Gasteiger partial charge in [-0.05, 0) is 52.6 Å². The number of nitrogens with zero attached hydrogens (tertiary/aromatic N) is 2. The van der Waals surface area contributed by atoms with Gasteiger partial charge >= 0.3 is 0 Å². The molecule has 1 atom stereocenters. The van der Waals surface area contributed by atoms with Crippen molar-refractivity contribution in [3.8, 4) is 0 Å². The minimum atomic E-state index is -0.0329. The molecule has 4 nitrogen and oxygen atoms in total. The number of aromatic nitrogens is 2. The summed E-state index contributed by atoms with van der Waals surface area (Å²) >= 11 is 5.22. The van der Waals surface area contributed by atoms with Gasteiger partial charge in [-0.1, -0.05) is 6.92 Å². The number of halogens is 1. The van der Waals surface area contributed by atoms with Crippen molar-refractivity contribution in [2.24, 2.45) is 11.8 Å². The van der Waals surface area contributed by atoms with Crippen LogP contribution in [0.3, 0.4) is 0 Å². The molecule has 1 saturated carbocycles. The first-order valence-electron chi connectivity index (χ1n) is 6.60. The Labute approximate surface area is 126 Å². The summed E-state index contributed by atoms with van der Waals surface area (Å²) in [5.74, 6) is 2.32. The number of rotatable bonds is 7. The van der Waals surface area contributed by atoms with E-state index in [4.69, 9.17) is 0 Å². The molecule has 19 heavy (non-hydrogen) atoms. The molecule has 6 heteroatoms. The Kier molecular flexibility index (Phi) is 5.33. The van der Waals surface area contributed by atoms with E-state index in [1.54, 1.807) is 10.9 Å². The van der Waals surface area contributed by atoms with Crippen LogP contribution >= 0.6 is 27.7 Å². The second-order valence-corrected chi connectivity index (χ2v) is 6.95. The highest BCUT2D eigenvalue weighted by molar-refractivity contribution is 9.10. The molecule has 106 valence electrons. The first kappa shape index (κ1) is 14.9. The lowest BCUT2D eigenvalue weighted by Crippen LogP contribution is -2.26. The average Bonchev–Trinajstić information content (AvgIpc) is 3.18. The molecule has 1 aliphatic carbocycles. The number of thioether (sulfide) groups is 1. The van der Waals surface area contributed by atoms with Crippen molar-refractivity contribution in [1.82, 2.24) is 9.78 Å². The SMILES string of the molecule is CSCC(C)CNc1cnn(CC2CC2)c(=O)c1Br. The van der Waals surface area contributed by atoms with Crippen molar-refractivity contribution >= 4 is 33.4 Å². The quantitative estimate of drug-likeness (QED) is 0.825. The summed E-state index contributed by atoms with van der Waals surface area (Å²) in [6, 6.07) is 0. The summed E-state index contributed by atoms with van der Waals surface area (Å²) in [5.41, 5.74) is 0.763. The molecule has 0 saturated heterocycles. The van der Waals surface area contributed by atoms with Gasteiger partial charge in [0.15, 0.2) is 0 Å². The van der Waals surface area contributed by atoms with Gasteiger partial charge in [0.1, 0.15) is 4.47 Å². The van der Waals surface area contributed by atoms with E-state index >= 15 is 0 Å². The van der Waals surface area contributed by atoms with Crippen LogP contribution < -0.4 is 10.9 Å². The molecule has 1 aromatic rings. The monoisotopic (exact) mass is 345 g/mol. The van der Waals surface area contributed by atoms with Gasteiger partial charge in [-0.2, -0.15) is 16.9 Å². The molecule has 1 fully saturated rings. The lowest BCUT2D eigenvalue weighted by molar-refractivity contribution is 0.531. The number of nitrogens with one attached hydrogen (secondary N) is 1. The minimum absolute atomic E-state index is 0.0329. The van der Waals surface area contributed by atoms with Gasteiger partial charge in [0.2, 0.25) is 0 Å². The molecule has 0 aliphatic heterocycles. The second kappa shape index (κ2) is 6.79. The maximum Gasteiger partial charge on any atom is 0.283 e. The van der Waals surface area contributed by atoms with Crippen LogP contribution in [0.4, 0.5) is 5.69 Å². The highest BCUT2D eigenvalue weighted by Crippen LogP contribution is 2.30. The summed E-state index contributed by atoms with van der Waals surface area (Å²) < 4.78 is 2.16. The number of hydrogen-bond donors (Lipinski definition) is 1. The third-order valence-electron chi connectivity index (χ3n) is 3.21. The predicted molar refractivity (Wildman–Crippen MR) is 85.0 cm³/mol. The standard InChI is InChI=1S/C13H20BrN3OS/c1-9(8-19-2)5-15-11-6-16-17(7-10-3-4-10)13(18)12(11)14/h6,9-10,15H,3-5,7-8H2,1-2H3. The zero-order chi connectivity index (χ0) is 13.8. The predicted octanol–water partition coefficient (Wildman–Crippen LogP) is 2.83. The van der Waals surface area contributed by atoms with Crippen molar-refractivity contribution in [3.63, 3.8) is 0 Å². The molecule has 2 rings (SSSR count). The summed E-state index contributed by atoms with van der Waals surface area (Å²) in [5, 5.41) is 7.55. The third-order valence-corrected chi connectivity index (χ3v) is 4.87. The topological polar surface area (TPSA) is 46.9 Å². The molecule has 0 amide bonds. The van der Waals surface area contributed by atoms with Crippen LogP contribution in [0, 0.1) is 11.8 Å². The number of hydrogen-bond acceptors (Lipinski definition) is 4. The Hall–Kier alpha value is -0.490. The Bertz CT molecular complexity index is 487.